The molecule has 10 heteroatoms. The van der Waals surface area contributed by atoms with Crippen molar-refractivity contribution in [2.75, 3.05) is 8.61 Å². The molecule has 3 rings (SSSR count). The molecule has 0 saturated carbocycles. The first-order valence-corrected chi connectivity index (χ1v) is 14.8. The second-order valence-electron chi connectivity index (χ2n) is 9.50. The predicted octanol–water partition coefficient (Wildman–Crippen LogP) is 5.02. The Morgan fingerprint density at radius 2 is 0.763 bits per heavy atom. The van der Waals surface area contributed by atoms with E-state index in [0.717, 1.165) is 36.1 Å². The maximum absolute atomic E-state index is 13.6. The molecule has 0 heterocycles. The first-order valence-electron chi connectivity index (χ1n) is 11.9. The number of rotatable bonds is 6. The lowest BCUT2D eigenvalue weighted by Gasteiger charge is -2.25. The van der Waals surface area contributed by atoms with Crippen molar-refractivity contribution in [1.82, 2.24) is 0 Å². The standard InChI is InChI=1S/C28H32N2O6S2/c1-17-13-21(5)27(15-19(17)3)37(33,34)29(23(7)31)25-9-11-26(12-10-25)30(24(8)32)38(35,36)28-16-20(4)18(2)14-22(28)6/h9-16H,1-8H3. The van der Waals surface area contributed by atoms with E-state index >= 15 is 0 Å². The van der Waals surface area contributed by atoms with Crippen LogP contribution in [0.4, 0.5) is 11.4 Å². The molecule has 0 atom stereocenters. The molecule has 8 nitrogen and oxygen atoms in total. The Hall–Kier alpha value is -3.50. The summed E-state index contributed by atoms with van der Waals surface area (Å²) in [5.41, 5.74) is 4.38. The topological polar surface area (TPSA) is 109 Å². The van der Waals surface area contributed by atoms with Gasteiger partial charge in [-0.05, 0) is 111 Å². The van der Waals surface area contributed by atoms with Crippen molar-refractivity contribution in [3.8, 4) is 0 Å². The number of amides is 2. The van der Waals surface area contributed by atoms with Crippen LogP contribution in [0.5, 0.6) is 0 Å². The molecular formula is C28H32N2O6S2. The van der Waals surface area contributed by atoms with Crippen LogP contribution in [0, 0.1) is 41.5 Å². The van der Waals surface area contributed by atoms with Crippen LogP contribution < -0.4 is 8.61 Å². The third kappa shape index (κ3) is 5.23. The predicted molar refractivity (Wildman–Crippen MR) is 148 cm³/mol. The molecule has 0 aliphatic carbocycles. The van der Waals surface area contributed by atoms with Gasteiger partial charge in [0.25, 0.3) is 20.0 Å². The molecule has 38 heavy (non-hydrogen) atoms. The quantitative estimate of drug-likeness (QED) is 0.422. The van der Waals surface area contributed by atoms with Crippen molar-refractivity contribution >= 4 is 43.2 Å². The molecule has 3 aromatic carbocycles. The van der Waals surface area contributed by atoms with E-state index in [1.54, 1.807) is 39.8 Å². The van der Waals surface area contributed by atoms with E-state index in [1.165, 1.54) is 36.4 Å². The Balaban J connectivity index is 2.12. The molecular weight excluding hydrogens is 524 g/mol. The summed E-state index contributed by atoms with van der Waals surface area (Å²) in [5.74, 6) is -1.48. The maximum Gasteiger partial charge on any atom is 0.271 e. The third-order valence-corrected chi connectivity index (χ3v) is 10.4. The van der Waals surface area contributed by atoms with Gasteiger partial charge in [-0.2, -0.15) is 0 Å². The van der Waals surface area contributed by atoms with Crippen LogP contribution in [0.15, 0.2) is 58.3 Å². The first kappa shape index (κ1) is 29.1. The van der Waals surface area contributed by atoms with Gasteiger partial charge in [0, 0.05) is 13.8 Å². The van der Waals surface area contributed by atoms with Gasteiger partial charge in [-0.3, -0.25) is 9.59 Å². The molecule has 0 fully saturated rings. The van der Waals surface area contributed by atoms with Gasteiger partial charge in [0.1, 0.15) is 0 Å². The highest BCUT2D eigenvalue weighted by Crippen LogP contribution is 2.32. The molecule has 3 aromatic rings. The Kier molecular flexibility index (Phi) is 7.91. The smallest absolute Gasteiger partial charge is 0.271 e. The van der Waals surface area contributed by atoms with Gasteiger partial charge in [-0.25, -0.2) is 25.4 Å². The third-order valence-electron chi connectivity index (χ3n) is 6.51. The molecule has 0 unspecified atom stereocenters. The lowest BCUT2D eigenvalue weighted by molar-refractivity contribution is -0.116. The fourth-order valence-electron chi connectivity index (χ4n) is 4.32. The summed E-state index contributed by atoms with van der Waals surface area (Å²) in [7, 11) is -8.55. The van der Waals surface area contributed by atoms with Crippen LogP contribution in [0.25, 0.3) is 0 Å². The molecule has 0 saturated heterocycles. The number of hydrogen-bond donors (Lipinski definition) is 0. The van der Waals surface area contributed by atoms with E-state index in [1.807, 2.05) is 13.8 Å². The molecule has 0 radical (unpaired) electrons. The maximum atomic E-state index is 13.6. The van der Waals surface area contributed by atoms with Gasteiger partial charge in [-0.1, -0.05) is 12.1 Å². The van der Waals surface area contributed by atoms with Gasteiger partial charge in [0.15, 0.2) is 0 Å². The second kappa shape index (κ2) is 10.3. The van der Waals surface area contributed by atoms with Gasteiger partial charge < -0.3 is 0 Å². The summed E-state index contributed by atoms with van der Waals surface area (Å²) in [4.78, 5) is 25.2. The monoisotopic (exact) mass is 556 g/mol. The van der Waals surface area contributed by atoms with Crippen LogP contribution in [0.1, 0.15) is 47.2 Å². The summed E-state index contributed by atoms with van der Waals surface area (Å²) < 4.78 is 55.6. The molecule has 0 aliphatic rings. The van der Waals surface area contributed by atoms with Gasteiger partial charge >= 0.3 is 0 Å². The normalized spacial score (nSPS) is 11.8. The summed E-state index contributed by atoms with van der Waals surface area (Å²) in [6, 6.07) is 11.8. The summed E-state index contributed by atoms with van der Waals surface area (Å²) in [6.07, 6.45) is 0. The van der Waals surface area contributed by atoms with E-state index in [9.17, 15) is 26.4 Å². The van der Waals surface area contributed by atoms with Crippen LogP contribution in [-0.4, -0.2) is 28.6 Å². The van der Waals surface area contributed by atoms with Crippen molar-refractivity contribution in [3.63, 3.8) is 0 Å². The average molecular weight is 557 g/mol. The number of hydrogen-bond acceptors (Lipinski definition) is 6. The lowest BCUT2D eigenvalue weighted by Crippen LogP contribution is -2.37. The van der Waals surface area contributed by atoms with Crippen molar-refractivity contribution in [2.24, 2.45) is 0 Å². The number of benzene rings is 3. The molecule has 0 N–H and O–H groups in total. The highest BCUT2D eigenvalue weighted by molar-refractivity contribution is 7.94. The molecule has 0 aliphatic heterocycles. The Labute approximate surface area is 225 Å². The summed E-state index contributed by atoms with van der Waals surface area (Å²) in [6.45, 7) is 12.9. The molecule has 202 valence electrons. The van der Waals surface area contributed by atoms with Crippen molar-refractivity contribution in [1.29, 1.82) is 0 Å². The summed E-state index contributed by atoms with van der Waals surface area (Å²) >= 11 is 0. The van der Waals surface area contributed by atoms with E-state index in [2.05, 4.69) is 0 Å². The first-order chi connectivity index (χ1) is 17.5. The summed E-state index contributed by atoms with van der Waals surface area (Å²) in [5, 5.41) is 0. The van der Waals surface area contributed by atoms with Crippen LogP contribution >= 0.6 is 0 Å². The Morgan fingerprint density at radius 1 is 0.500 bits per heavy atom. The van der Waals surface area contributed by atoms with Gasteiger partial charge in [0.05, 0.1) is 21.2 Å². The minimum atomic E-state index is -4.27. The average Bonchev–Trinajstić information content (AvgIpc) is 2.79. The second-order valence-corrected chi connectivity index (χ2v) is 13.0. The minimum absolute atomic E-state index is 0.00182. The van der Waals surface area contributed by atoms with E-state index < -0.39 is 31.9 Å². The number of nitrogens with zero attached hydrogens (tertiary/aromatic N) is 2. The number of carbonyl (C=O) groups excluding carboxylic acids is 2. The van der Waals surface area contributed by atoms with E-state index in [-0.39, 0.29) is 21.2 Å². The van der Waals surface area contributed by atoms with Gasteiger partial charge in [0.2, 0.25) is 11.8 Å². The molecule has 0 bridgehead atoms. The SMILES string of the molecule is CC(=O)N(c1ccc(N(C(C)=O)S(=O)(=O)c2cc(C)c(C)cc2C)cc1)S(=O)(=O)c1cc(C)c(C)cc1C. The Morgan fingerprint density at radius 3 is 1.03 bits per heavy atom. The van der Waals surface area contributed by atoms with Gasteiger partial charge in [-0.15, -0.1) is 0 Å². The molecule has 0 spiro atoms. The van der Waals surface area contributed by atoms with Crippen molar-refractivity contribution in [3.05, 3.63) is 81.9 Å². The lowest BCUT2D eigenvalue weighted by atomic mass is 10.1. The highest BCUT2D eigenvalue weighted by atomic mass is 32.2. The van der Waals surface area contributed by atoms with Crippen molar-refractivity contribution < 1.29 is 26.4 Å². The zero-order valence-corrected chi connectivity index (χ0v) is 24.4. The van der Waals surface area contributed by atoms with E-state index in [0.29, 0.717) is 19.7 Å². The fraction of sp³-hybridized carbons (Fsp3) is 0.286. The number of sulfonamides is 2. The van der Waals surface area contributed by atoms with Crippen LogP contribution in [0.2, 0.25) is 0 Å². The zero-order valence-electron chi connectivity index (χ0n) is 22.8. The number of aryl methyl sites for hydroxylation is 6. The van der Waals surface area contributed by atoms with Crippen LogP contribution in [0.3, 0.4) is 0 Å². The molecule has 2 amide bonds. The number of anilines is 2. The largest absolute Gasteiger partial charge is 0.274 e. The highest BCUT2D eigenvalue weighted by Gasteiger charge is 2.33. The van der Waals surface area contributed by atoms with Crippen molar-refractivity contribution in [2.45, 2.75) is 65.2 Å². The molecule has 0 aromatic heterocycles. The number of carbonyl (C=O) groups is 2. The fourth-order valence-corrected chi connectivity index (χ4v) is 7.78. The van der Waals surface area contributed by atoms with Crippen LogP contribution in [-0.2, 0) is 29.6 Å². The zero-order chi connectivity index (χ0) is 28.7. The Bertz CT molecular complexity index is 1530. The van der Waals surface area contributed by atoms with E-state index in [4.69, 9.17) is 0 Å². The minimum Gasteiger partial charge on any atom is -0.274 e.